The zero-order chi connectivity index (χ0) is 33.4. The molecule has 7 nitrogen and oxygen atoms in total. The van der Waals surface area contributed by atoms with Crippen LogP contribution in [0.15, 0.2) is 46.4 Å². The van der Waals surface area contributed by atoms with E-state index in [4.69, 9.17) is 0 Å². The van der Waals surface area contributed by atoms with Crippen LogP contribution in [0, 0.1) is 46.3 Å². The zero-order valence-electron chi connectivity index (χ0n) is 29.1. The Hall–Kier alpha value is -2.45. The summed E-state index contributed by atoms with van der Waals surface area (Å²) in [6.07, 6.45) is 10.5. The first-order valence-corrected chi connectivity index (χ1v) is 19.1. The molecule has 4 unspecified atom stereocenters. The third-order valence-electron chi connectivity index (χ3n) is 12.5. The first-order chi connectivity index (χ1) is 21.7. The quantitative estimate of drug-likeness (QED) is 0.191. The molecule has 0 amide bonds. The highest BCUT2D eigenvalue weighted by molar-refractivity contribution is 7.89. The number of benzene rings is 2. The summed E-state index contributed by atoms with van der Waals surface area (Å²) in [5.41, 5.74) is 0.774. The number of sulfonamides is 1. The second kappa shape index (κ2) is 13.6. The molecule has 8 atom stereocenters. The average Bonchev–Trinajstić information content (AvgIpc) is 3.36. The predicted octanol–water partition coefficient (Wildman–Crippen LogP) is 7.81. The first-order valence-electron chi connectivity index (χ1n) is 17.6. The molecule has 8 heteroatoms. The van der Waals surface area contributed by atoms with Gasteiger partial charge >= 0.3 is 0 Å². The number of nitrogens with zero attached hydrogens (tertiary/aromatic N) is 2. The third kappa shape index (κ3) is 6.76. The second-order valence-corrected chi connectivity index (χ2v) is 17.6. The van der Waals surface area contributed by atoms with Crippen molar-refractivity contribution in [2.75, 3.05) is 19.0 Å². The minimum absolute atomic E-state index is 0.184. The van der Waals surface area contributed by atoms with Crippen LogP contribution in [0.1, 0.15) is 98.8 Å². The maximum atomic E-state index is 13.5. The van der Waals surface area contributed by atoms with E-state index >= 15 is 0 Å². The zero-order valence-corrected chi connectivity index (χ0v) is 29.9. The molecule has 3 fully saturated rings. The highest BCUT2D eigenvalue weighted by atomic mass is 32.2. The van der Waals surface area contributed by atoms with E-state index in [2.05, 4.69) is 44.6 Å². The van der Waals surface area contributed by atoms with E-state index in [0.29, 0.717) is 42.9 Å². The number of carbonyl (C=O) groups excluding carboxylic acids is 1. The Kier molecular flexibility index (Phi) is 10.3. The van der Waals surface area contributed by atoms with Crippen LogP contribution >= 0.6 is 0 Å². The molecule has 0 aromatic heterocycles. The summed E-state index contributed by atoms with van der Waals surface area (Å²) in [6.45, 7) is 11.7. The molecule has 0 heterocycles. The predicted molar refractivity (Wildman–Crippen MR) is 188 cm³/mol. The number of rotatable bonds is 11. The third-order valence-corrected chi connectivity index (χ3v) is 13.8. The van der Waals surface area contributed by atoms with Gasteiger partial charge in [0.1, 0.15) is 5.78 Å². The van der Waals surface area contributed by atoms with Gasteiger partial charge in [-0.05, 0) is 109 Å². The van der Waals surface area contributed by atoms with Crippen molar-refractivity contribution >= 4 is 38.5 Å². The van der Waals surface area contributed by atoms with E-state index in [-0.39, 0.29) is 34.4 Å². The lowest BCUT2D eigenvalue weighted by molar-refractivity contribution is -0.144. The van der Waals surface area contributed by atoms with Crippen molar-refractivity contribution < 1.29 is 18.3 Å². The minimum Gasteiger partial charge on any atom is -0.393 e. The molecule has 3 aliphatic carbocycles. The van der Waals surface area contributed by atoms with Crippen LogP contribution in [-0.2, 0) is 14.8 Å². The summed E-state index contributed by atoms with van der Waals surface area (Å²) >= 11 is 0. The normalized spacial score (nSPS) is 32.6. The molecule has 0 saturated heterocycles. The molecule has 2 aromatic carbocycles. The van der Waals surface area contributed by atoms with Gasteiger partial charge in [0.05, 0.1) is 11.0 Å². The molecule has 2 N–H and O–H groups in total. The lowest BCUT2D eigenvalue weighted by atomic mass is 9.49. The number of hydrogen-bond donors (Lipinski definition) is 2. The van der Waals surface area contributed by atoms with E-state index in [9.17, 15) is 18.3 Å². The maximum absolute atomic E-state index is 13.5. The van der Waals surface area contributed by atoms with Gasteiger partial charge in [0, 0.05) is 43.2 Å². The Balaban J connectivity index is 1.37. The number of aliphatic hydroxyl groups is 1. The smallest absolute Gasteiger partial charge is 0.276 e. The molecule has 3 aliphatic rings. The van der Waals surface area contributed by atoms with Crippen molar-refractivity contribution in [1.82, 2.24) is 4.83 Å². The number of fused-ring (bicyclic) bond motifs is 2. The monoisotopic (exact) mass is 651 g/mol. The molecule has 0 spiro atoms. The van der Waals surface area contributed by atoms with Crippen LogP contribution in [0.3, 0.4) is 0 Å². The summed E-state index contributed by atoms with van der Waals surface area (Å²) in [6, 6.07) is 11.1. The van der Waals surface area contributed by atoms with Gasteiger partial charge in [-0.2, -0.15) is 13.5 Å². The average molecular weight is 652 g/mol. The number of Topliss-reactive ketones (excluding diaryl/α,β-unsaturated/α-hetero) is 1. The Bertz CT molecular complexity index is 1540. The Morgan fingerprint density at radius 2 is 1.78 bits per heavy atom. The lowest BCUT2D eigenvalue weighted by Crippen LogP contribution is -2.51. The van der Waals surface area contributed by atoms with Gasteiger partial charge in [0.15, 0.2) is 0 Å². The number of ketones is 1. The Morgan fingerprint density at radius 1 is 1.02 bits per heavy atom. The van der Waals surface area contributed by atoms with E-state index in [1.54, 1.807) is 18.3 Å². The van der Waals surface area contributed by atoms with Gasteiger partial charge in [0.2, 0.25) is 0 Å². The van der Waals surface area contributed by atoms with Crippen molar-refractivity contribution in [2.24, 2.45) is 51.4 Å². The van der Waals surface area contributed by atoms with Crippen LogP contribution in [0.4, 0.5) is 5.69 Å². The molecule has 5 rings (SSSR count). The molecule has 254 valence electrons. The molecular weight excluding hydrogens is 595 g/mol. The number of hydrogen-bond acceptors (Lipinski definition) is 6. The van der Waals surface area contributed by atoms with Gasteiger partial charge in [-0.3, -0.25) is 4.79 Å². The van der Waals surface area contributed by atoms with Gasteiger partial charge in [-0.25, -0.2) is 4.83 Å². The number of anilines is 1. The van der Waals surface area contributed by atoms with Crippen molar-refractivity contribution in [3.05, 3.63) is 36.4 Å². The fourth-order valence-corrected chi connectivity index (χ4v) is 10.7. The first kappa shape index (κ1) is 34.9. The van der Waals surface area contributed by atoms with Crippen LogP contribution in [0.25, 0.3) is 10.8 Å². The molecular formula is C38H57N3O4S. The summed E-state index contributed by atoms with van der Waals surface area (Å²) < 4.78 is 26.7. The topological polar surface area (TPSA) is 99.1 Å². The van der Waals surface area contributed by atoms with Crippen molar-refractivity contribution in [1.29, 1.82) is 0 Å². The van der Waals surface area contributed by atoms with E-state index in [1.165, 1.54) is 19.3 Å². The standard InChI is InChI=1S/C38H57N3O4S/c1-25(2)11-12-26(3)32-15-16-33-31(34(18-21-37(32,33)4)38(5)20-17-28(42)24-36(38)43)19-22-39-40-46(44,45)29-13-14-30-27(23-29)9-8-10-35(30)41(6)7/h8-10,13-14,22-23,25-26,28,31-34,40,42H,11-12,15-21,24H2,1-7H3/b39-22+/t26-,28?,31?,32-,33?,34?,37-,38-/m1/s1. The van der Waals surface area contributed by atoms with Crippen LogP contribution in [0.5, 0.6) is 0 Å². The van der Waals surface area contributed by atoms with E-state index < -0.39 is 21.5 Å². The molecule has 0 radical (unpaired) electrons. The fraction of sp³-hybridized carbons (Fsp3) is 0.684. The number of hydrazone groups is 1. The summed E-state index contributed by atoms with van der Waals surface area (Å²) in [5, 5.41) is 16.5. The van der Waals surface area contributed by atoms with Crippen LogP contribution < -0.4 is 9.73 Å². The van der Waals surface area contributed by atoms with Crippen molar-refractivity contribution in [3.63, 3.8) is 0 Å². The Morgan fingerprint density at radius 3 is 2.48 bits per heavy atom. The van der Waals surface area contributed by atoms with Gasteiger partial charge in [-0.15, -0.1) is 0 Å². The minimum atomic E-state index is -3.86. The Labute approximate surface area is 277 Å². The summed E-state index contributed by atoms with van der Waals surface area (Å²) in [7, 11) is 0.0936. The SMILES string of the molecule is CC(C)CC[C@@H](C)[C@H]1CCC2C(C/C=N/NS(=O)(=O)c3ccc4c(N(C)C)cccc4c3)C([C@@]3(C)CCC(O)CC3=O)CC[C@@]21C. The van der Waals surface area contributed by atoms with Crippen molar-refractivity contribution in [2.45, 2.75) is 110 Å². The highest BCUT2D eigenvalue weighted by Gasteiger charge is 2.58. The lowest BCUT2D eigenvalue weighted by Gasteiger charge is -2.55. The molecule has 0 bridgehead atoms. The number of carbonyl (C=O) groups is 1. The molecule has 3 saturated carbocycles. The molecule has 2 aromatic rings. The number of aliphatic hydroxyl groups excluding tert-OH is 1. The fourth-order valence-electron chi connectivity index (χ4n) is 9.86. The van der Waals surface area contributed by atoms with Gasteiger partial charge in [-0.1, -0.05) is 65.7 Å². The van der Waals surface area contributed by atoms with Crippen LogP contribution in [-0.4, -0.2) is 45.7 Å². The molecule has 0 aliphatic heterocycles. The summed E-state index contributed by atoms with van der Waals surface area (Å²) in [5.74, 6) is 3.11. The maximum Gasteiger partial charge on any atom is 0.276 e. The largest absolute Gasteiger partial charge is 0.393 e. The number of nitrogens with one attached hydrogen (secondary N) is 1. The van der Waals surface area contributed by atoms with Gasteiger partial charge in [0.25, 0.3) is 10.0 Å². The van der Waals surface area contributed by atoms with Gasteiger partial charge < -0.3 is 10.0 Å². The van der Waals surface area contributed by atoms with Crippen molar-refractivity contribution in [3.8, 4) is 0 Å². The molecule has 46 heavy (non-hydrogen) atoms. The van der Waals surface area contributed by atoms with E-state index in [1.807, 2.05) is 43.3 Å². The summed E-state index contributed by atoms with van der Waals surface area (Å²) in [4.78, 5) is 18.2. The second-order valence-electron chi connectivity index (χ2n) is 16.0. The highest BCUT2D eigenvalue weighted by Crippen LogP contribution is 2.64. The van der Waals surface area contributed by atoms with E-state index in [0.717, 1.165) is 35.7 Å². The van der Waals surface area contributed by atoms with Crippen LogP contribution in [0.2, 0.25) is 0 Å².